The molecule has 0 aromatic rings. The van der Waals surface area contributed by atoms with E-state index in [9.17, 15) is 14.4 Å². The van der Waals surface area contributed by atoms with Gasteiger partial charge in [0.15, 0.2) is 0 Å². The molecule has 0 aromatic heterocycles. The third-order valence-corrected chi connectivity index (χ3v) is 2.63. The highest BCUT2D eigenvalue weighted by molar-refractivity contribution is 5.86. The molecule has 0 fully saturated rings. The van der Waals surface area contributed by atoms with E-state index in [-0.39, 0.29) is 25.8 Å². The zero-order valence-corrected chi connectivity index (χ0v) is 10.1. The molecule has 3 amide bonds. The number of carbonyl (C=O) groups is 3. The minimum atomic E-state index is -1.27. The van der Waals surface area contributed by atoms with Crippen LogP contribution in [0, 0.1) is 0 Å². The van der Waals surface area contributed by atoms with Gasteiger partial charge in [0.1, 0.15) is 5.54 Å². The van der Waals surface area contributed by atoms with Crippen LogP contribution in [0.15, 0.2) is 0 Å². The quantitative estimate of drug-likeness (QED) is 0.496. The van der Waals surface area contributed by atoms with Gasteiger partial charge in [-0.25, -0.2) is 9.59 Å². The topological polar surface area (TPSA) is 122 Å². The molecule has 7 heteroatoms. The standard InChI is InChI=1S/C10H19N3O4/c1-3-10(4-2,8(15)16)13-9(17)12-6-5-7(11)14/h3-6H2,1-2H3,(H2,11,14)(H,15,16)(H2,12,13,17). The second kappa shape index (κ2) is 6.72. The molecular formula is C10H19N3O4. The number of primary amides is 1. The number of hydrogen-bond donors (Lipinski definition) is 4. The van der Waals surface area contributed by atoms with Crippen molar-refractivity contribution in [3.05, 3.63) is 0 Å². The predicted octanol–water partition coefficient (Wildman–Crippen LogP) is -0.196. The maximum Gasteiger partial charge on any atom is 0.329 e. The van der Waals surface area contributed by atoms with E-state index in [2.05, 4.69) is 10.6 Å². The molecule has 0 unspecified atom stereocenters. The second-order valence-electron chi connectivity index (χ2n) is 3.69. The molecule has 0 aromatic carbocycles. The van der Waals surface area contributed by atoms with Crippen LogP contribution in [0.4, 0.5) is 4.79 Å². The van der Waals surface area contributed by atoms with E-state index in [1.165, 1.54) is 0 Å². The van der Waals surface area contributed by atoms with Crippen molar-refractivity contribution in [1.29, 1.82) is 0 Å². The minimum Gasteiger partial charge on any atom is -0.480 e. The van der Waals surface area contributed by atoms with Gasteiger partial charge in [0, 0.05) is 13.0 Å². The van der Waals surface area contributed by atoms with Gasteiger partial charge in [0.2, 0.25) is 5.91 Å². The fraction of sp³-hybridized carbons (Fsp3) is 0.700. The van der Waals surface area contributed by atoms with Crippen molar-refractivity contribution < 1.29 is 19.5 Å². The van der Waals surface area contributed by atoms with Crippen LogP contribution in [0.2, 0.25) is 0 Å². The molecule has 17 heavy (non-hydrogen) atoms. The van der Waals surface area contributed by atoms with Gasteiger partial charge in [-0.15, -0.1) is 0 Å². The largest absolute Gasteiger partial charge is 0.480 e. The first-order chi connectivity index (χ1) is 7.88. The molecule has 98 valence electrons. The van der Waals surface area contributed by atoms with Gasteiger partial charge in [-0.2, -0.15) is 0 Å². The molecule has 0 bridgehead atoms. The van der Waals surface area contributed by atoms with E-state index in [4.69, 9.17) is 10.8 Å². The number of nitrogens with two attached hydrogens (primary N) is 1. The number of carboxylic acids is 1. The summed E-state index contributed by atoms with van der Waals surface area (Å²) in [5.74, 6) is -1.60. The van der Waals surface area contributed by atoms with Crippen molar-refractivity contribution in [2.24, 2.45) is 5.73 Å². The number of rotatable bonds is 7. The Kier molecular flexibility index (Phi) is 6.01. The van der Waals surface area contributed by atoms with Gasteiger partial charge < -0.3 is 21.5 Å². The Hall–Kier alpha value is -1.79. The summed E-state index contributed by atoms with van der Waals surface area (Å²) in [6, 6.07) is -0.614. The first kappa shape index (κ1) is 15.2. The van der Waals surface area contributed by atoms with Gasteiger partial charge in [-0.05, 0) is 12.8 Å². The Balaban J connectivity index is 4.32. The summed E-state index contributed by atoms with van der Waals surface area (Å²) in [4.78, 5) is 33.0. The van der Waals surface area contributed by atoms with E-state index in [0.29, 0.717) is 0 Å². The van der Waals surface area contributed by atoms with E-state index in [0.717, 1.165) is 0 Å². The SMILES string of the molecule is CCC(CC)(NC(=O)NCCC(N)=O)C(=O)O. The fourth-order valence-corrected chi connectivity index (χ4v) is 1.34. The van der Waals surface area contributed by atoms with E-state index >= 15 is 0 Å². The van der Waals surface area contributed by atoms with Gasteiger partial charge in [-0.3, -0.25) is 4.79 Å². The maximum atomic E-state index is 11.4. The average Bonchev–Trinajstić information content (AvgIpc) is 2.25. The Morgan fingerprint density at radius 1 is 1.24 bits per heavy atom. The first-order valence-electron chi connectivity index (χ1n) is 5.45. The zero-order valence-electron chi connectivity index (χ0n) is 10.1. The third kappa shape index (κ3) is 4.71. The van der Waals surface area contributed by atoms with Crippen molar-refractivity contribution in [2.75, 3.05) is 6.54 Å². The Bertz CT molecular complexity index is 300. The molecule has 0 radical (unpaired) electrons. The highest BCUT2D eigenvalue weighted by Crippen LogP contribution is 2.14. The number of nitrogens with one attached hydrogen (secondary N) is 2. The van der Waals surface area contributed by atoms with Crippen LogP contribution < -0.4 is 16.4 Å². The lowest BCUT2D eigenvalue weighted by molar-refractivity contribution is -0.144. The number of aliphatic carboxylic acids is 1. The van der Waals surface area contributed by atoms with Crippen molar-refractivity contribution in [1.82, 2.24) is 10.6 Å². The molecule has 0 atom stereocenters. The first-order valence-corrected chi connectivity index (χ1v) is 5.45. The normalized spacial score (nSPS) is 10.7. The number of amides is 3. The van der Waals surface area contributed by atoms with E-state index in [1.54, 1.807) is 13.8 Å². The van der Waals surface area contributed by atoms with E-state index < -0.39 is 23.4 Å². The zero-order chi connectivity index (χ0) is 13.5. The highest BCUT2D eigenvalue weighted by atomic mass is 16.4. The lowest BCUT2D eigenvalue weighted by atomic mass is 9.93. The molecule has 0 heterocycles. The summed E-state index contributed by atoms with van der Waals surface area (Å²) in [6.45, 7) is 3.45. The van der Waals surface area contributed by atoms with Crippen molar-refractivity contribution in [3.63, 3.8) is 0 Å². The number of hydrogen-bond acceptors (Lipinski definition) is 3. The fourth-order valence-electron chi connectivity index (χ4n) is 1.34. The molecule has 0 aliphatic heterocycles. The lowest BCUT2D eigenvalue weighted by Gasteiger charge is -2.27. The molecule has 0 rings (SSSR count). The summed E-state index contributed by atoms with van der Waals surface area (Å²) in [5, 5.41) is 13.8. The van der Waals surface area contributed by atoms with Crippen LogP contribution in [0.3, 0.4) is 0 Å². The minimum absolute atomic E-state index is 0.0196. The van der Waals surface area contributed by atoms with Crippen LogP contribution in [-0.4, -0.2) is 35.1 Å². The van der Waals surface area contributed by atoms with Gasteiger partial charge in [-0.1, -0.05) is 13.8 Å². The van der Waals surface area contributed by atoms with Crippen LogP contribution in [0.1, 0.15) is 33.1 Å². The molecule has 0 aliphatic rings. The van der Waals surface area contributed by atoms with Gasteiger partial charge in [0.05, 0.1) is 0 Å². The monoisotopic (exact) mass is 245 g/mol. The van der Waals surface area contributed by atoms with Crippen molar-refractivity contribution in [3.8, 4) is 0 Å². The molecule has 0 saturated heterocycles. The summed E-state index contributed by atoms with van der Waals surface area (Å²) >= 11 is 0. The number of urea groups is 1. The number of carboxylic acid groups (broad SMARTS) is 1. The molecule has 0 saturated carbocycles. The Morgan fingerprint density at radius 3 is 2.12 bits per heavy atom. The summed E-state index contributed by atoms with van der Waals surface area (Å²) in [7, 11) is 0. The second-order valence-corrected chi connectivity index (χ2v) is 3.69. The third-order valence-electron chi connectivity index (χ3n) is 2.63. The highest BCUT2D eigenvalue weighted by Gasteiger charge is 2.36. The van der Waals surface area contributed by atoms with Crippen LogP contribution in [-0.2, 0) is 9.59 Å². The molecular weight excluding hydrogens is 226 g/mol. The van der Waals surface area contributed by atoms with Gasteiger partial charge >= 0.3 is 12.0 Å². The Morgan fingerprint density at radius 2 is 1.76 bits per heavy atom. The molecule has 0 spiro atoms. The summed E-state index contributed by atoms with van der Waals surface area (Å²) < 4.78 is 0. The Labute approximate surface area is 99.7 Å². The maximum absolute atomic E-state index is 11.4. The number of carbonyl (C=O) groups excluding carboxylic acids is 2. The predicted molar refractivity (Wildman–Crippen MR) is 61.3 cm³/mol. The lowest BCUT2D eigenvalue weighted by Crippen LogP contribution is -2.56. The summed E-state index contributed by atoms with van der Waals surface area (Å²) in [5.41, 5.74) is 3.63. The van der Waals surface area contributed by atoms with Gasteiger partial charge in [0.25, 0.3) is 0 Å². The molecule has 5 N–H and O–H groups in total. The van der Waals surface area contributed by atoms with Crippen LogP contribution in [0.5, 0.6) is 0 Å². The molecule has 0 aliphatic carbocycles. The van der Waals surface area contributed by atoms with E-state index in [1.807, 2.05) is 0 Å². The smallest absolute Gasteiger partial charge is 0.329 e. The van der Waals surface area contributed by atoms with Crippen molar-refractivity contribution in [2.45, 2.75) is 38.6 Å². The van der Waals surface area contributed by atoms with Crippen LogP contribution in [0.25, 0.3) is 0 Å². The summed E-state index contributed by atoms with van der Waals surface area (Å²) in [6.07, 6.45) is 0.579. The van der Waals surface area contributed by atoms with Crippen molar-refractivity contribution >= 4 is 17.9 Å². The van der Waals surface area contributed by atoms with Crippen LogP contribution >= 0.6 is 0 Å². The average molecular weight is 245 g/mol. The molecule has 7 nitrogen and oxygen atoms in total.